The minimum absolute atomic E-state index is 0.0803. The number of fused-ring (bicyclic) bond motifs is 2. The number of amides is 3. The Labute approximate surface area is 277 Å². The Kier molecular flexibility index (Phi) is 9.29. The number of nitrogens with zero attached hydrogens (tertiary/aromatic N) is 2. The van der Waals surface area contributed by atoms with Gasteiger partial charge in [-0.05, 0) is 71.7 Å². The molecular weight excluding hydrogens is 634 g/mol. The van der Waals surface area contributed by atoms with E-state index in [1.807, 2.05) is 43.3 Å². The van der Waals surface area contributed by atoms with Gasteiger partial charge in [-0.3, -0.25) is 19.4 Å². The summed E-state index contributed by atoms with van der Waals surface area (Å²) in [6.07, 6.45) is 2.10. The summed E-state index contributed by atoms with van der Waals surface area (Å²) in [4.78, 5) is 42.1. The monoisotopic (exact) mass is 669 g/mol. The average Bonchev–Trinajstić information content (AvgIpc) is 3.49. The molecule has 0 saturated heterocycles. The van der Waals surface area contributed by atoms with E-state index < -0.39 is 33.8 Å². The molecule has 2 unspecified atom stereocenters. The molecular formula is C35H35N5O7S. The number of anilines is 1. The van der Waals surface area contributed by atoms with Crippen molar-refractivity contribution in [3.05, 3.63) is 119 Å². The van der Waals surface area contributed by atoms with Gasteiger partial charge in [-0.15, -0.1) is 0 Å². The van der Waals surface area contributed by atoms with Crippen LogP contribution in [0.25, 0.3) is 10.8 Å². The number of hydrazine groups is 1. The number of primary amides is 1. The predicted octanol–water partition coefficient (Wildman–Crippen LogP) is 2.62. The van der Waals surface area contributed by atoms with Gasteiger partial charge in [0.25, 0.3) is 27.7 Å². The number of aliphatic hydroxyl groups excluding tert-OH is 1. The molecule has 2 atom stereocenters. The Balaban J connectivity index is 1.39. The predicted molar refractivity (Wildman–Crippen MR) is 179 cm³/mol. The molecule has 5 N–H and O–H groups in total. The third kappa shape index (κ3) is 6.66. The zero-order valence-electron chi connectivity index (χ0n) is 26.1. The van der Waals surface area contributed by atoms with Crippen molar-refractivity contribution in [1.29, 1.82) is 0 Å². The van der Waals surface area contributed by atoms with E-state index in [0.29, 0.717) is 17.5 Å². The molecule has 4 aromatic carbocycles. The molecule has 0 saturated carbocycles. The van der Waals surface area contributed by atoms with Crippen molar-refractivity contribution in [3.63, 3.8) is 0 Å². The lowest BCUT2D eigenvalue weighted by Gasteiger charge is -2.37. The van der Waals surface area contributed by atoms with Gasteiger partial charge in [-0.25, -0.2) is 18.6 Å². The van der Waals surface area contributed by atoms with Crippen molar-refractivity contribution in [2.45, 2.75) is 36.9 Å². The fourth-order valence-corrected chi connectivity index (χ4v) is 7.06. The lowest BCUT2D eigenvalue weighted by molar-refractivity contribution is -0.114. The molecule has 13 heteroatoms. The smallest absolute Gasteiger partial charge is 0.266 e. The molecule has 0 bridgehead atoms. The van der Waals surface area contributed by atoms with Gasteiger partial charge in [-0.1, -0.05) is 54.6 Å². The molecule has 0 aromatic heterocycles. The van der Waals surface area contributed by atoms with Crippen molar-refractivity contribution in [2.24, 2.45) is 5.73 Å². The van der Waals surface area contributed by atoms with E-state index in [0.717, 1.165) is 16.5 Å². The first-order chi connectivity index (χ1) is 23.1. The summed E-state index contributed by atoms with van der Waals surface area (Å²) in [6.45, 7) is 2.03. The van der Waals surface area contributed by atoms with Gasteiger partial charge in [0, 0.05) is 12.6 Å². The summed E-state index contributed by atoms with van der Waals surface area (Å²) < 4.78 is 34.7. The Bertz CT molecular complexity index is 2050. The number of carbonyl (C=O) groups excluding carboxylic acids is 3. The maximum Gasteiger partial charge on any atom is 0.266 e. The number of benzene rings is 4. The van der Waals surface area contributed by atoms with Crippen LogP contribution in [0.5, 0.6) is 0 Å². The van der Waals surface area contributed by atoms with Crippen LogP contribution in [0, 0.1) is 0 Å². The van der Waals surface area contributed by atoms with Gasteiger partial charge < -0.3 is 20.5 Å². The van der Waals surface area contributed by atoms with Gasteiger partial charge in [0.2, 0.25) is 0 Å². The summed E-state index contributed by atoms with van der Waals surface area (Å²) >= 11 is 0. The van der Waals surface area contributed by atoms with Crippen LogP contribution < -0.4 is 20.9 Å². The van der Waals surface area contributed by atoms with Gasteiger partial charge in [0.1, 0.15) is 5.70 Å². The average molecular weight is 670 g/mol. The largest absolute Gasteiger partial charge is 0.394 e. The number of aliphatic hydroxyl groups is 1. The first-order valence-electron chi connectivity index (χ1n) is 15.4. The normalized spacial score (nSPS) is 17.6. The Morgan fingerprint density at radius 2 is 1.69 bits per heavy atom. The van der Waals surface area contributed by atoms with Crippen LogP contribution in [-0.4, -0.2) is 68.1 Å². The first-order valence-corrected chi connectivity index (χ1v) is 16.9. The van der Waals surface area contributed by atoms with Crippen LogP contribution >= 0.6 is 0 Å². The molecule has 2 aliphatic rings. The number of ether oxygens (including phenoxy) is 1. The molecule has 4 aromatic rings. The third-order valence-corrected chi connectivity index (χ3v) is 9.72. The number of sulfonamides is 1. The summed E-state index contributed by atoms with van der Waals surface area (Å²) in [7, 11) is -4.35. The number of hydrogen-bond donors (Lipinski definition) is 4. The molecule has 2 aliphatic heterocycles. The van der Waals surface area contributed by atoms with Crippen LogP contribution in [0.15, 0.2) is 102 Å². The maximum atomic E-state index is 14.6. The summed E-state index contributed by atoms with van der Waals surface area (Å²) in [5.41, 5.74) is 10.9. The second-order valence-electron chi connectivity index (χ2n) is 11.7. The third-order valence-electron chi connectivity index (χ3n) is 8.39. The van der Waals surface area contributed by atoms with Crippen LogP contribution in [0.2, 0.25) is 0 Å². The number of rotatable bonds is 10. The van der Waals surface area contributed by atoms with Crippen molar-refractivity contribution in [2.75, 3.05) is 24.8 Å². The summed E-state index contributed by atoms with van der Waals surface area (Å²) in [5, 5.41) is 12.2. The van der Waals surface area contributed by atoms with Crippen LogP contribution in [-0.2, 0) is 32.5 Å². The van der Waals surface area contributed by atoms with Crippen LogP contribution in [0.4, 0.5) is 5.69 Å². The quantitative estimate of drug-likeness (QED) is 0.185. The standard InChI is InChI=1S/C35H35N5O7S/c1-22-16-32(33(36)42)40(37-22)27-11-13-30(34(43)38-48(45,46)29-12-10-23-6-2-3-8-25(23)18-29)31(19-27)35(44)39-20-26-9-5-4-7-24(26)17-28(39)21-47-15-14-41/h2-13,16,18-19,22,28,37,41H,14-15,17,20-21H2,1H3,(H2,36,42)(H,38,43). The second-order valence-corrected chi connectivity index (χ2v) is 13.4. The van der Waals surface area contributed by atoms with E-state index in [-0.39, 0.29) is 54.1 Å². The molecule has 248 valence electrons. The van der Waals surface area contributed by atoms with Crippen molar-refractivity contribution >= 4 is 44.2 Å². The SMILES string of the molecule is CC1C=C(C(N)=O)N(c2ccc(C(=O)NS(=O)(=O)c3ccc4ccccc4c3)c(C(=O)N3Cc4ccccc4CC3COCCO)c2)N1. The van der Waals surface area contributed by atoms with E-state index >= 15 is 0 Å². The molecule has 12 nitrogen and oxygen atoms in total. The first kappa shape index (κ1) is 32.8. The highest BCUT2D eigenvalue weighted by Gasteiger charge is 2.34. The van der Waals surface area contributed by atoms with Crippen LogP contribution in [0.1, 0.15) is 38.8 Å². The molecule has 0 fully saturated rings. The summed E-state index contributed by atoms with van der Waals surface area (Å²) in [5.74, 6) is -2.25. The second kappa shape index (κ2) is 13.6. The molecule has 2 heterocycles. The number of nitrogens with two attached hydrogens (primary N) is 1. The fraction of sp³-hybridized carbons (Fsp3) is 0.229. The van der Waals surface area contributed by atoms with E-state index in [1.165, 1.54) is 35.3 Å². The van der Waals surface area contributed by atoms with Crippen molar-refractivity contribution in [3.8, 4) is 0 Å². The number of carbonyl (C=O) groups is 3. The summed E-state index contributed by atoms with van der Waals surface area (Å²) in [6, 6.07) is 23.0. The highest BCUT2D eigenvalue weighted by molar-refractivity contribution is 7.90. The highest BCUT2D eigenvalue weighted by Crippen LogP contribution is 2.30. The number of hydrogen-bond acceptors (Lipinski definition) is 9. The molecule has 0 radical (unpaired) electrons. The Morgan fingerprint density at radius 3 is 2.44 bits per heavy atom. The number of nitrogens with one attached hydrogen (secondary N) is 2. The minimum atomic E-state index is -4.35. The van der Waals surface area contributed by atoms with Gasteiger partial charge in [0.05, 0.1) is 47.6 Å². The highest BCUT2D eigenvalue weighted by atomic mass is 32.2. The minimum Gasteiger partial charge on any atom is -0.394 e. The van der Waals surface area contributed by atoms with E-state index in [2.05, 4.69) is 10.1 Å². The lowest BCUT2D eigenvalue weighted by Crippen LogP contribution is -2.47. The Morgan fingerprint density at radius 1 is 0.958 bits per heavy atom. The van der Waals surface area contributed by atoms with Crippen LogP contribution in [0.3, 0.4) is 0 Å². The lowest BCUT2D eigenvalue weighted by atomic mass is 9.93. The molecule has 3 amide bonds. The van der Waals surface area contributed by atoms with E-state index in [1.54, 1.807) is 29.2 Å². The Hall–Kier alpha value is -5.08. The van der Waals surface area contributed by atoms with Gasteiger partial charge in [0.15, 0.2) is 0 Å². The van der Waals surface area contributed by atoms with Gasteiger partial charge >= 0.3 is 0 Å². The maximum absolute atomic E-state index is 14.6. The molecule has 0 aliphatic carbocycles. The molecule has 6 rings (SSSR count). The van der Waals surface area contributed by atoms with E-state index in [9.17, 15) is 27.9 Å². The van der Waals surface area contributed by atoms with E-state index in [4.69, 9.17) is 10.5 Å². The fourth-order valence-electron chi connectivity index (χ4n) is 6.06. The van der Waals surface area contributed by atoms with Crippen molar-refractivity contribution < 1.29 is 32.6 Å². The topological polar surface area (TPSA) is 171 Å². The van der Waals surface area contributed by atoms with Crippen molar-refractivity contribution in [1.82, 2.24) is 15.0 Å². The zero-order chi connectivity index (χ0) is 34.0. The molecule has 48 heavy (non-hydrogen) atoms. The van der Waals surface area contributed by atoms with Gasteiger partial charge in [-0.2, -0.15) is 0 Å². The zero-order valence-corrected chi connectivity index (χ0v) is 26.9. The molecule has 0 spiro atoms.